The number of hydrogen-bond acceptors (Lipinski definition) is 5. The summed E-state index contributed by atoms with van der Waals surface area (Å²) >= 11 is 0. The molecule has 2 N–H and O–H groups in total. The maximum Gasteiger partial charge on any atom is 0.144 e. The molecule has 0 aromatic heterocycles. The Bertz CT molecular complexity index is 217. The van der Waals surface area contributed by atoms with Crippen molar-refractivity contribution >= 4 is 17.3 Å². The first-order valence-corrected chi connectivity index (χ1v) is 5.66. The second-order valence-corrected chi connectivity index (χ2v) is 4.31. The number of rotatable bonds is 3. The van der Waals surface area contributed by atoms with Gasteiger partial charge in [0.25, 0.3) is 0 Å². The van der Waals surface area contributed by atoms with Crippen molar-refractivity contribution in [2.75, 3.05) is 0 Å². The van der Waals surface area contributed by atoms with Gasteiger partial charge in [0, 0.05) is 39.7 Å². The predicted molar refractivity (Wildman–Crippen MR) is 69.9 cm³/mol. The Morgan fingerprint density at radius 1 is 0.842 bits per heavy atom. The van der Waals surface area contributed by atoms with Crippen LogP contribution in [0, 0.1) is 12.8 Å². The average Bonchev–Trinajstić information content (AvgIpc) is 1.96. The average molecular weight is 309 g/mol. The Hall–Kier alpha value is -0.486. The standard InChI is InChI=1S/C7H9O3.2C3H8O.Ti/c1-4(8)7(5(2)9)6(3)10;2*1-3(2)4;/h7H,1H2,2-3H3;2*3-4H,1-2H3;/q-1;;;. The molecule has 0 aromatic rings. The summed E-state index contributed by atoms with van der Waals surface area (Å²) in [5, 5.41) is 16.1. The van der Waals surface area contributed by atoms with Crippen molar-refractivity contribution in [1.82, 2.24) is 0 Å². The second kappa shape index (κ2) is 15.6. The van der Waals surface area contributed by atoms with E-state index in [1.165, 1.54) is 13.8 Å². The topological polar surface area (TPSA) is 91.7 Å². The first-order chi connectivity index (χ1) is 7.93. The van der Waals surface area contributed by atoms with Crippen LogP contribution in [0.3, 0.4) is 0 Å². The van der Waals surface area contributed by atoms with E-state index in [1.807, 2.05) is 0 Å². The van der Waals surface area contributed by atoms with Crippen molar-refractivity contribution < 1.29 is 46.3 Å². The third kappa shape index (κ3) is 31.8. The molecule has 5 nitrogen and oxygen atoms in total. The van der Waals surface area contributed by atoms with Crippen molar-refractivity contribution in [3.8, 4) is 0 Å². The van der Waals surface area contributed by atoms with Gasteiger partial charge in [-0.15, -0.1) is 0 Å². The van der Waals surface area contributed by atoms with Crippen LogP contribution in [0.2, 0.25) is 0 Å². The first kappa shape index (κ1) is 27.0. The van der Waals surface area contributed by atoms with Gasteiger partial charge in [0.15, 0.2) is 0 Å². The first-order valence-electron chi connectivity index (χ1n) is 5.66. The Morgan fingerprint density at radius 2 is 1.00 bits per heavy atom. The molecule has 0 aliphatic carbocycles. The minimum atomic E-state index is -1.14. The molecule has 112 valence electrons. The number of carbonyl (C=O) groups excluding carboxylic acids is 3. The van der Waals surface area contributed by atoms with E-state index in [9.17, 15) is 14.4 Å². The van der Waals surface area contributed by atoms with Gasteiger partial charge in [0.05, 0.1) is 0 Å². The van der Waals surface area contributed by atoms with E-state index in [0.29, 0.717) is 0 Å². The van der Waals surface area contributed by atoms with Crippen molar-refractivity contribution in [1.29, 1.82) is 0 Å². The largest absolute Gasteiger partial charge is 0.394 e. The maximum atomic E-state index is 10.5. The molecule has 0 bridgehead atoms. The molecule has 0 aliphatic heterocycles. The zero-order valence-electron chi connectivity index (χ0n) is 12.6. The van der Waals surface area contributed by atoms with Crippen LogP contribution in [0.25, 0.3) is 0 Å². The summed E-state index contributed by atoms with van der Waals surface area (Å²) in [7, 11) is 0. The summed E-state index contributed by atoms with van der Waals surface area (Å²) in [6.45, 7) is 12.3. The van der Waals surface area contributed by atoms with E-state index in [-0.39, 0.29) is 33.9 Å². The SMILES string of the molecule is CC(C)O.CC(C)O.[CH2-]C(=O)C(C(C)=O)C(C)=O.[Ti]. The summed E-state index contributed by atoms with van der Waals surface area (Å²) in [6, 6.07) is 0. The summed E-state index contributed by atoms with van der Waals surface area (Å²) in [4.78, 5) is 31.6. The van der Waals surface area contributed by atoms with Gasteiger partial charge in [-0.2, -0.15) is 0 Å². The number of ketones is 3. The van der Waals surface area contributed by atoms with Crippen LogP contribution >= 0.6 is 0 Å². The van der Waals surface area contributed by atoms with E-state index in [2.05, 4.69) is 6.92 Å². The maximum absolute atomic E-state index is 10.5. The molecule has 0 heterocycles. The third-order valence-electron chi connectivity index (χ3n) is 1.14. The van der Waals surface area contributed by atoms with Crippen LogP contribution in [-0.4, -0.2) is 39.8 Å². The molecule has 0 radical (unpaired) electrons. The van der Waals surface area contributed by atoms with Crippen LogP contribution in [0.5, 0.6) is 0 Å². The van der Waals surface area contributed by atoms with E-state index in [0.717, 1.165) is 0 Å². The van der Waals surface area contributed by atoms with Crippen LogP contribution in [0.1, 0.15) is 41.5 Å². The van der Waals surface area contributed by atoms with Crippen molar-refractivity contribution in [3.05, 3.63) is 6.92 Å². The molecular formula is C13H25O5Ti-. The number of aliphatic hydroxyl groups excluding tert-OH is 2. The monoisotopic (exact) mass is 309 g/mol. The molecule has 19 heavy (non-hydrogen) atoms. The van der Waals surface area contributed by atoms with Crippen molar-refractivity contribution in [2.24, 2.45) is 5.92 Å². The Kier molecular flexibility index (Phi) is 22.1. The summed E-state index contributed by atoms with van der Waals surface area (Å²) < 4.78 is 0. The molecular weight excluding hydrogens is 284 g/mol. The predicted octanol–water partition coefficient (Wildman–Crippen LogP) is 0.955. The van der Waals surface area contributed by atoms with E-state index in [1.54, 1.807) is 27.7 Å². The molecule has 0 aliphatic rings. The van der Waals surface area contributed by atoms with Crippen LogP contribution in [0.4, 0.5) is 0 Å². The Labute approximate surface area is 130 Å². The number of carbonyl (C=O) groups is 3. The molecule has 0 saturated heterocycles. The molecule has 0 rings (SSSR count). The smallest absolute Gasteiger partial charge is 0.144 e. The Balaban J connectivity index is -0.000000105. The summed E-state index contributed by atoms with van der Waals surface area (Å²) in [5.74, 6) is -2.64. The van der Waals surface area contributed by atoms with E-state index >= 15 is 0 Å². The summed E-state index contributed by atoms with van der Waals surface area (Å²) in [5.41, 5.74) is 0. The van der Waals surface area contributed by atoms with Crippen LogP contribution in [0.15, 0.2) is 0 Å². The van der Waals surface area contributed by atoms with E-state index in [4.69, 9.17) is 10.2 Å². The molecule has 0 atom stereocenters. The molecule has 0 unspecified atom stereocenters. The molecule has 0 aromatic carbocycles. The van der Waals surface area contributed by atoms with Gasteiger partial charge in [-0.05, 0) is 41.5 Å². The molecule has 0 fully saturated rings. The van der Waals surface area contributed by atoms with Crippen molar-refractivity contribution in [3.63, 3.8) is 0 Å². The minimum Gasteiger partial charge on any atom is -0.394 e. The van der Waals surface area contributed by atoms with Gasteiger partial charge in [0.2, 0.25) is 0 Å². The number of hydrogen-bond donors (Lipinski definition) is 2. The van der Waals surface area contributed by atoms with Gasteiger partial charge >= 0.3 is 0 Å². The van der Waals surface area contributed by atoms with Gasteiger partial charge < -0.3 is 21.9 Å². The van der Waals surface area contributed by atoms with E-state index < -0.39 is 23.3 Å². The van der Waals surface area contributed by atoms with Crippen LogP contribution < -0.4 is 0 Å². The quantitative estimate of drug-likeness (QED) is 0.460. The summed E-state index contributed by atoms with van der Waals surface area (Å²) in [6.07, 6.45) is -0.333. The number of Topliss-reactive ketones (excluding diaryl/α,β-unsaturated/α-hetero) is 3. The second-order valence-electron chi connectivity index (χ2n) is 4.31. The van der Waals surface area contributed by atoms with Crippen molar-refractivity contribution in [2.45, 2.75) is 53.8 Å². The zero-order valence-corrected chi connectivity index (χ0v) is 14.1. The normalized spacial score (nSPS) is 8.79. The van der Waals surface area contributed by atoms with Gasteiger partial charge in [-0.1, -0.05) is 0 Å². The fraction of sp³-hybridized carbons (Fsp3) is 0.692. The van der Waals surface area contributed by atoms with Crippen LogP contribution in [-0.2, 0) is 36.1 Å². The molecule has 0 spiro atoms. The Morgan fingerprint density at radius 3 is 1.00 bits per heavy atom. The van der Waals surface area contributed by atoms with Gasteiger partial charge in [-0.25, -0.2) is 0 Å². The third-order valence-corrected chi connectivity index (χ3v) is 1.14. The number of aliphatic hydroxyl groups is 2. The molecule has 6 heteroatoms. The molecule has 0 amide bonds. The fourth-order valence-corrected chi connectivity index (χ4v) is 0.740. The molecule has 0 saturated carbocycles. The van der Waals surface area contributed by atoms with Gasteiger partial charge in [-0.3, -0.25) is 9.59 Å². The van der Waals surface area contributed by atoms with Gasteiger partial charge in [0.1, 0.15) is 17.5 Å². The fourth-order valence-electron chi connectivity index (χ4n) is 0.740. The minimum absolute atomic E-state index is 0. The zero-order chi connectivity index (χ0) is 15.5.